The Morgan fingerprint density at radius 2 is 2.00 bits per heavy atom. The van der Waals surface area contributed by atoms with Gasteiger partial charge < -0.3 is 10.0 Å². The monoisotopic (exact) mass is 239 g/mol. The minimum atomic E-state index is -0.518. The fourth-order valence-corrected chi connectivity index (χ4v) is 1.62. The van der Waals surface area contributed by atoms with Crippen molar-refractivity contribution in [2.24, 2.45) is 5.41 Å². The minimum absolute atomic E-state index is 0.0844. The number of benzene rings is 1. The lowest BCUT2D eigenvalue weighted by Crippen LogP contribution is -2.37. The van der Waals surface area contributed by atoms with Gasteiger partial charge in [0.25, 0.3) is 0 Å². The predicted molar refractivity (Wildman–Crippen MR) is 65.2 cm³/mol. The molecule has 0 spiro atoms. The van der Waals surface area contributed by atoms with E-state index in [0.717, 1.165) is 0 Å². The molecule has 1 rings (SSSR count). The third-order valence-corrected chi connectivity index (χ3v) is 2.52. The molecule has 0 aliphatic rings. The summed E-state index contributed by atoms with van der Waals surface area (Å²) in [5.74, 6) is -0.506. The van der Waals surface area contributed by atoms with E-state index >= 15 is 0 Å². The number of nitrogens with zero attached hydrogens (tertiary/aromatic N) is 1. The average Bonchev–Trinajstić information content (AvgIpc) is 2.25. The molecule has 17 heavy (non-hydrogen) atoms. The van der Waals surface area contributed by atoms with Gasteiger partial charge in [-0.25, -0.2) is 4.39 Å². The second-order valence-electron chi connectivity index (χ2n) is 5.05. The summed E-state index contributed by atoms with van der Waals surface area (Å²) in [5, 5.41) is 9.17. The Balaban J connectivity index is 3.12. The Labute approximate surface area is 101 Å². The number of carbonyl (C=O) groups is 1. The summed E-state index contributed by atoms with van der Waals surface area (Å²) in [6, 6.07) is 4.02. The van der Waals surface area contributed by atoms with E-state index in [1.165, 1.54) is 23.1 Å². The van der Waals surface area contributed by atoms with E-state index in [0.29, 0.717) is 11.3 Å². The molecule has 0 heterocycles. The van der Waals surface area contributed by atoms with Crippen molar-refractivity contribution in [1.82, 2.24) is 0 Å². The molecule has 1 amide bonds. The van der Waals surface area contributed by atoms with E-state index in [-0.39, 0.29) is 12.5 Å². The molecule has 0 unspecified atom stereocenters. The second-order valence-corrected chi connectivity index (χ2v) is 5.05. The number of halogens is 1. The van der Waals surface area contributed by atoms with Crippen molar-refractivity contribution in [3.63, 3.8) is 0 Å². The number of aliphatic hydroxyl groups excluding tert-OH is 1. The number of amides is 1. The van der Waals surface area contributed by atoms with Crippen LogP contribution in [-0.2, 0) is 11.4 Å². The first kappa shape index (κ1) is 13.6. The van der Waals surface area contributed by atoms with E-state index in [1.807, 2.05) is 20.8 Å². The van der Waals surface area contributed by atoms with Gasteiger partial charge >= 0.3 is 0 Å². The first-order valence-electron chi connectivity index (χ1n) is 5.45. The molecule has 0 saturated heterocycles. The maximum Gasteiger partial charge on any atom is 0.232 e. The Morgan fingerprint density at radius 3 is 2.47 bits per heavy atom. The van der Waals surface area contributed by atoms with Crippen molar-refractivity contribution in [2.75, 3.05) is 11.9 Å². The molecule has 0 fully saturated rings. The maximum absolute atomic E-state index is 13.0. The fourth-order valence-electron chi connectivity index (χ4n) is 1.62. The zero-order chi connectivity index (χ0) is 13.2. The van der Waals surface area contributed by atoms with Crippen LogP contribution < -0.4 is 4.90 Å². The van der Waals surface area contributed by atoms with Gasteiger partial charge in [-0.15, -0.1) is 0 Å². The van der Waals surface area contributed by atoms with E-state index < -0.39 is 11.2 Å². The summed E-state index contributed by atoms with van der Waals surface area (Å²) in [6.07, 6.45) is 0. The van der Waals surface area contributed by atoms with Crippen LogP contribution in [0.3, 0.4) is 0 Å². The van der Waals surface area contributed by atoms with Gasteiger partial charge in [-0.1, -0.05) is 20.8 Å². The van der Waals surface area contributed by atoms with Crippen LogP contribution in [0.1, 0.15) is 26.3 Å². The van der Waals surface area contributed by atoms with Gasteiger partial charge in [-0.3, -0.25) is 4.79 Å². The summed E-state index contributed by atoms with van der Waals surface area (Å²) in [4.78, 5) is 13.5. The van der Waals surface area contributed by atoms with E-state index in [9.17, 15) is 14.3 Å². The van der Waals surface area contributed by atoms with Crippen molar-refractivity contribution in [3.8, 4) is 0 Å². The molecule has 3 nitrogen and oxygen atoms in total. The van der Waals surface area contributed by atoms with Crippen molar-refractivity contribution in [2.45, 2.75) is 27.4 Å². The zero-order valence-electron chi connectivity index (χ0n) is 10.6. The highest BCUT2D eigenvalue weighted by molar-refractivity contribution is 5.97. The molecule has 0 aliphatic heterocycles. The van der Waals surface area contributed by atoms with Gasteiger partial charge in [0.1, 0.15) is 5.82 Å². The van der Waals surface area contributed by atoms with Crippen molar-refractivity contribution in [3.05, 3.63) is 29.6 Å². The highest BCUT2D eigenvalue weighted by atomic mass is 19.1. The fraction of sp³-hybridized carbons (Fsp3) is 0.462. The molecular weight excluding hydrogens is 221 g/mol. The quantitative estimate of drug-likeness (QED) is 0.860. The molecule has 0 saturated carbocycles. The molecule has 1 N–H and O–H groups in total. The molecule has 0 aliphatic carbocycles. The maximum atomic E-state index is 13.0. The third-order valence-electron chi connectivity index (χ3n) is 2.52. The minimum Gasteiger partial charge on any atom is -0.392 e. The van der Waals surface area contributed by atoms with Gasteiger partial charge in [-0.2, -0.15) is 0 Å². The smallest absolute Gasteiger partial charge is 0.232 e. The Kier molecular flexibility index (Phi) is 3.88. The topological polar surface area (TPSA) is 40.5 Å². The summed E-state index contributed by atoms with van der Waals surface area (Å²) in [5.41, 5.74) is 0.425. The zero-order valence-corrected chi connectivity index (χ0v) is 10.6. The van der Waals surface area contributed by atoms with Gasteiger partial charge in [-0.05, 0) is 18.2 Å². The first-order chi connectivity index (χ1) is 7.77. The molecule has 1 aromatic carbocycles. The molecule has 94 valence electrons. The van der Waals surface area contributed by atoms with Crippen molar-refractivity contribution >= 4 is 11.6 Å². The van der Waals surface area contributed by atoms with Gasteiger partial charge in [0, 0.05) is 23.7 Å². The third kappa shape index (κ3) is 3.03. The van der Waals surface area contributed by atoms with Crippen LogP contribution in [0.4, 0.5) is 10.1 Å². The van der Waals surface area contributed by atoms with Gasteiger partial charge in [0.2, 0.25) is 5.91 Å². The Morgan fingerprint density at radius 1 is 1.41 bits per heavy atom. The van der Waals surface area contributed by atoms with Crippen molar-refractivity contribution in [1.29, 1.82) is 0 Å². The van der Waals surface area contributed by atoms with Gasteiger partial charge in [0.15, 0.2) is 0 Å². The molecule has 0 radical (unpaired) electrons. The van der Waals surface area contributed by atoms with Crippen LogP contribution in [0.5, 0.6) is 0 Å². The summed E-state index contributed by atoms with van der Waals surface area (Å²) < 4.78 is 13.0. The van der Waals surface area contributed by atoms with Crippen LogP contribution in [0, 0.1) is 11.2 Å². The van der Waals surface area contributed by atoms with E-state index in [2.05, 4.69) is 0 Å². The first-order valence-corrected chi connectivity index (χ1v) is 5.45. The van der Waals surface area contributed by atoms with E-state index in [1.54, 1.807) is 7.05 Å². The number of rotatable bonds is 2. The van der Waals surface area contributed by atoms with Crippen LogP contribution >= 0.6 is 0 Å². The molecular formula is C13H18FNO2. The highest BCUT2D eigenvalue weighted by Crippen LogP contribution is 2.25. The molecule has 4 heteroatoms. The number of carbonyl (C=O) groups excluding carboxylic acids is 1. The van der Waals surface area contributed by atoms with Crippen LogP contribution in [-0.4, -0.2) is 18.1 Å². The van der Waals surface area contributed by atoms with Crippen LogP contribution in [0.25, 0.3) is 0 Å². The lowest BCUT2D eigenvalue weighted by molar-refractivity contribution is -0.125. The predicted octanol–water partition coefficient (Wildman–Crippen LogP) is 2.33. The Hall–Kier alpha value is -1.42. The summed E-state index contributed by atoms with van der Waals surface area (Å²) >= 11 is 0. The number of anilines is 1. The average molecular weight is 239 g/mol. The SMILES string of the molecule is CN(C(=O)C(C)(C)C)c1ccc(F)cc1CO. The molecule has 1 aromatic rings. The highest BCUT2D eigenvalue weighted by Gasteiger charge is 2.26. The molecule has 0 bridgehead atoms. The van der Waals surface area contributed by atoms with Gasteiger partial charge in [0.05, 0.1) is 6.61 Å². The number of hydrogen-bond acceptors (Lipinski definition) is 2. The van der Waals surface area contributed by atoms with Crippen LogP contribution in [0.2, 0.25) is 0 Å². The molecule has 0 aromatic heterocycles. The second kappa shape index (κ2) is 4.84. The normalized spacial score (nSPS) is 11.4. The lowest BCUT2D eigenvalue weighted by Gasteiger charge is -2.27. The lowest BCUT2D eigenvalue weighted by atomic mass is 9.94. The largest absolute Gasteiger partial charge is 0.392 e. The van der Waals surface area contributed by atoms with E-state index in [4.69, 9.17) is 0 Å². The number of aliphatic hydroxyl groups is 1. The van der Waals surface area contributed by atoms with Crippen molar-refractivity contribution < 1.29 is 14.3 Å². The standard InChI is InChI=1S/C13H18FNO2/c1-13(2,3)12(17)15(4)11-6-5-10(14)7-9(11)8-16/h5-7,16H,8H2,1-4H3. The number of hydrogen-bond donors (Lipinski definition) is 1. The summed E-state index contributed by atoms with van der Waals surface area (Å²) in [6.45, 7) is 5.14. The molecule has 0 atom stereocenters. The van der Waals surface area contributed by atoms with Crippen LogP contribution in [0.15, 0.2) is 18.2 Å². The summed E-state index contributed by atoms with van der Waals surface area (Å²) in [7, 11) is 1.62. The Bertz CT molecular complexity index is 424.